The summed E-state index contributed by atoms with van der Waals surface area (Å²) in [7, 11) is 0. The molecule has 4 heterocycles. The predicted octanol–water partition coefficient (Wildman–Crippen LogP) is 15.7. The van der Waals surface area contributed by atoms with Crippen LogP contribution in [-0.2, 0) is 0 Å². The predicted molar refractivity (Wildman–Crippen MR) is 269 cm³/mol. The van der Waals surface area contributed by atoms with E-state index in [0.29, 0.717) is 0 Å². The van der Waals surface area contributed by atoms with Crippen molar-refractivity contribution in [1.29, 1.82) is 0 Å². The highest BCUT2D eigenvalue weighted by Crippen LogP contribution is 2.47. The first-order chi connectivity index (χ1) is 31.8. The quantitative estimate of drug-likeness (QED) is 0.165. The number of nitrogens with zero attached hydrogens (tertiary/aromatic N) is 4. The highest BCUT2D eigenvalue weighted by Gasteiger charge is 2.25. The maximum absolute atomic E-state index is 2.51. The van der Waals surface area contributed by atoms with Crippen LogP contribution in [0.1, 0.15) is 0 Å². The van der Waals surface area contributed by atoms with Gasteiger partial charge in [-0.05, 0) is 84.9 Å². The van der Waals surface area contributed by atoms with Crippen LogP contribution in [0.5, 0.6) is 0 Å². The molecule has 0 unspecified atom stereocenters. The van der Waals surface area contributed by atoms with Crippen molar-refractivity contribution in [1.82, 2.24) is 18.3 Å². The van der Waals surface area contributed by atoms with Gasteiger partial charge in [0, 0.05) is 65.6 Å². The summed E-state index contributed by atoms with van der Waals surface area (Å²) in [4.78, 5) is 0. The third-order valence-corrected chi connectivity index (χ3v) is 13.5. The van der Waals surface area contributed by atoms with E-state index in [1.54, 1.807) is 0 Å². The molecule has 0 N–H and O–H groups in total. The molecule has 0 atom stereocenters. The lowest BCUT2D eigenvalue weighted by Crippen LogP contribution is -2.03. The molecular formula is C60H38N4. The standard InChI is InChI=1S/C60H38N4/c1-3-19-39(20-4-1)61-51-29-13-11-27-45(51)47-35-59(63-53-31-15-7-23-41(53)42-24-8-16-32-54(42)63)49(37-57(47)61)50-38-58-48(46-28-12-14-30-52(46)62(58)40-21-5-2-6-22-40)36-60(50)64-55-33-17-9-25-43(55)44-26-10-18-34-56(44)64/h1-38H. The molecule has 4 nitrogen and oxygen atoms in total. The molecule has 4 aromatic heterocycles. The van der Waals surface area contributed by atoms with Gasteiger partial charge in [-0.2, -0.15) is 0 Å². The van der Waals surface area contributed by atoms with Crippen LogP contribution < -0.4 is 0 Å². The number of hydrogen-bond acceptors (Lipinski definition) is 0. The van der Waals surface area contributed by atoms with Crippen LogP contribution in [-0.4, -0.2) is 18.3 Å². The second-order valence-corrected chi connectivity index (χ2v) is 16.9. The Hall–Kier alpha value is -8.60. The van der Waals surface area contributed by atoms with Gasteiger partial charge in [0.25, 0.3) is 0 Å². The van der Waals surface area contributed by atoms with Gasteiger partial charge in [-0.1, -0.05) is 146 Å². The van der Waals surface area contributed by atoms with Gasteiger partial charge in [0.1, 0.15) is 0 Å². The normalized spacial score (nSPS) is 12.1. The summed E-state index contributed by atoms with van der Waals surface area (Å²) < 4.78 is 9.92. The molecule has 0 aliphatic rings. The van der Waals surface area contributed by atoms with Crippen molar-refractivity contribution in [3.63, 3.8) is 0 Å². The van der Waals surface area contributed by atoms with E-state index in [9.17, 15) is 0 Å². The molecule has 0 saturated heterocycles. The fourth-order valence-electron chi connectivity index (χ4n) is 10.9. The summed E-state index contributed by atoms with van der Waals surface area (Å²) >= 11 is 0. The number of fused-ring (bicyclic) bond motifs is 12. The Morgan fingerprint density at radius 3 is 0.750 bits per heavy atom. The lowest BCUT2D eigenvalue weighted by molar-refractivity contribution is 1.15. The van der Waals surface area contributed by atoms with E-state index in [1.165, 1.54) is 76.2 Å². The lowest BCUT2D eigenvalue weighted by Gasteiger charge is -2.20. The molecule has 0 spiro atoms. The minimum Gasteiger partial charge on any atom is -0.309 e. The van der Waals surface area contributed by atoms with Crippen LogP contribution in [0.2, 0.25) is 0 Å². The van der Waals surface area contributed by atoms with Crippen molar-refractivity contribution in [3.05, 3.63) is 231 Å². The van der Waals surface area contributed by atoms with Crippen molar-refractivity contribution in [3.8, 4) is 33.9 Å². The molecule has 298 valence electrons. The molecule has 0 radical (unpaired) electrons. The zero-order chi connectivity index (χ0) is 41.9. The van der Waals surface area contributed by atoms with Gasteiger partial charge in [-0.25, -0.2) is 0 Å². The minimum absolute atomic E-state index is 1.13. The first kappa shape index (κ1) is 35.0. The molecule has 0 amide bonds. The summed E-state index contributed by atoms with van der Waals surface area (Å²) in [6, 6.07) is 84.8. The van der Waals surface area contributed by atoms with Gasteiger partial charge in [0.2, 0.25) is 0 Å². The van der Waals surface area contributed by atoms with Crippen LogP contribution in [0.3, 0.4) is 0 Å². The molecule has 14 aromatic rings. The van der Waals surface area contributed by atoms with E-state index in [2.05, 4.69) is 249 Å². The van der Waals surface area contributed by atoms with E-state index >= 15 is 0 Å². The second-order valence-electron chi connectivity index (χ2n) is 16.9. The largest absolute Gasteiger partial charge is 0.309 e. The monoisotopic (exact) mass is 814 g/mol. The zero-order valence-electron chi connectivity index (χ0n) is 34.7. The fraction of sp³-hybridized carbons (Fsp3) is 0. The van der Waals surface area contributed by atoms with Crippen LogP contribution in [0.15, 0.2) is 231 Å². The van der Waals surface area contributed by atoms with Crippen molar-refractivity contribution in [2.24, 2.45) is 0 Å². The number of para-hydroxylation sites is 8. The summed E-state index contributed by atoms with van der Waals surface area (Å²) in [5, 5.41) is 9.79. The molecule has 0 aliphatic carbocycles. The zero-order valence-corrected chi connectivity index (χ0v) is 34.7. The molecule has 64 heavy (non-hydrogen) atoms. The molecule has 14 rings (SSSR count). The summed E-state index contributed by atoms with van der Waals surface area (Å²) in [5.74, 6) is 0. The average molecular weight is 815 g/mol. The molecule has 0 fully saturated rings. The molecule has 0 aliphatic heterocycles. The van der Waals surface area contributed by atoms with Crippen LogP contribution in [0.25, 0.3) is 121 Å². The number of rotatable bonds is 5. The van der Waals surface area contributed by atoms with Gasteiger partial charge in [0.15, 0.2) is 0 Å². The maximum Gasteiger partial charge on any atom is 0.0549 e. The van der Waals surface area contributed by atoms with Gasteiger partial charge in [-0.15, -0.1) is 0 Å². The number of benzene rings is 10. The Balaban J connectivity index is 1.23. The lowest BCUT2D eigenvalue weighted by atomic mass is 9.96. The van der Waals surface area contributed by atoms with Crippen molar-refractivity contribution >= 4 is 87.2 Å². The Labute approximate surface area is 368 Å². The van der Waals surface area contributed by atoms with Crippen molar-refractivity contribution in [2.45, 2.75) is 0 Å². The summed E-state index contributed by atoms with van der Waals surface area (Å²) in [6.07, 6.45) is 0. The third-order valence-electron chi connectivity index (χ3n) is 13.5. The molecule has 0 saturated carbocycles. The summed E-state index contributed by atoms with van der Waals surface area (Å²) in [5.41, 5.74) is 16.2. The maximum atomic E-state index is 2.51. The van der Waals surface area contributed by atoms with E-state index in [0.717, 1.165) is 44.9 Å². The minimum atomic E-state index is 1.13. The highest BCUT2D eigenvalue weighted by atomic mass is 15.0. The second kappa shape index (κ2) is 13.4. The van der Waals surface area contributed by atoms with E-state index in [1.807, 2.05) is 0 Å². The third kappa shape index (κ3) is 4.88. The fourth-order valence-corrected chi connectivity index (χ4v) is 10.9. The summed E-state index contributed by atoms with van der Waals surface area (Å²) in [6.45, 7) is 0. The molecule has 10 aromatic carbocycles. The topological polar surface area (TPSA) is 19.7 Å². The molecular weight excluding hydrogens is 777 g/mol. The Morgan fingerprint density at radius 2 is 0.438 bits per heavy atom. The van der Waals surface area contributed by atoms with Gasteiger partial charge >= 0.3 is 0 Å². The van der Waals surface area contributed by atoms with E-state index in [4.69, 9.17) is 0 Å². The van der Waals surface area contributed by atoms with Gasteiger partial charge in [0.05, 0.1) is 55.5 Å². The van der Waals surface area contributed by atoms with Gasteiger partial charge < -0.3 is 18.3 Å². The SMILES string of the molecule is c1ccc(-n2c3ccccc3c3cc(-n4c5ccccc5c5ccccc54)c(-c4cc5c(cc4-n4c6ccccc6c6ccccc64)c4ccccc4n5-c4ccccc4)cc32)cc1. The van der Waals surface area contributed by atoms with Crippen molar-refractivity contribution < 1.29 is 0 Å². The van der Waals surface area contributed by atoms with Crippen LogP contribution in [0, 0.1) is 0 Å². The number of hydrogen-bond donors (Lipinski definition) is 0. The van der Waals surface area contributed by atoms with E-state index < -0.39 is 0 Å². The highest BCUT2D eigenvalue weighted by molar-refractivity contribution is 6.17. The van der Waals surface area contributed by atoms with Crippen LogP contribution >= 0.6 is 0 Å². The van der Waals surface area contributed by atoms with E-state index in [-0.39, 0.29) is 0 Å². The Bertz CT molecular complexity index is 3800. The van der Waals surface area contributed by atoms with Gasteiger partial charge in [-0.3, -0.25) is 0 Å². The first-order valence-corrected chi connectivity index (χ1v) is 22.0. The first-order valence-electron chi connectivity index (χ1n) is 22.0. The van der Waals surface area contributed by atoms with Crippen molar-refractivity contribution in [2.75, 3.05) is 0 Å². The molecule has 4 heteroatoms. The number of aromatic nitrogens is 4. The van der Waals surface area contributed by atoms with Crippen LogP contribution in [0.4, 0.5) is 0 Å². The Kier molecular flexibility index (Phi) is 7.36. The average Bonchev–Trinajstić information content (AvgIpc) is 4.08. The Morgan fingerprint density at radius 1 is 0.188 bits per heavy atom. The molecule has 0 bridgehead atoms. The smallest absolute Gasteiger partial charge is 0.0549 e.